The van der Waals surface area contributed by atoms with E-state index in [4.69, 9.17) is 4.74 Å². The molecule has 1 aromatic rings. The average Bonchev–Trinajstić information content (AvgIpc) is 2.68. The predicted octanol–water partition coefficient (Wildman–Crippen LogP) is 1.27. The van der Waals surface area contributed by atoms with Gasteiger partial charge in [0.15, 0.2) is 0 Å². The van der Waals surface area contributed by atoms with E-state index < -0.39 is 0 Å². The van der Waals surface area contributed by atoms with Gasteiger partial charge in [0.1, 0.15) is 11.5 Å². The van der Waals surface area contributed by atoms with Gasteiger partial charge in [0.05, 0.1) is 12.7 Å². The van der Waals surface area contributed by atoms with Crippen molar-refractivity contribution in [1.29, 1.82) is 0 Å². The van der Waals surface area contributed by atoms with Crippen molar-refractivity contribution in [3.05, 3.63) is 23.8 Å². The lowest BCUT2D eigenvalue weighted by Gasteiger charge is -2.17. The number of aromatic hydroxyl groups is 1. The minimum absolute atomic E-state index is 0.0279. The van der Waals surface area contributed by atoms with Crippen molar-refractivity contribution in [2.75, 3.05) is 20.2 Å². The predicted molar refractivity (Wildman–Crippen MR) is 72.6 cm³/mol. The Kier molecular flexibility index (Phi) is 4.63. The molecule has 3 N–H and O–H groups in total. The summed E-state index contributed by atoms with van der Waals surface area (Å²) in [5.74, 6) is 0.270. The minimum atomic E-state index is -0.259. The highest BCUT2D eigenvalue weighted by atomic mass is 16.5. The number of carbonyl (C=O) groups excluding carboxylic acids is 1. The molecule has 0 bridgehead atoms. The molecule has 1 unspecified atom stereocenters. The molecule has 2 rings (SSSR count). The molecule has 1 aromatic carbocycles. The number of phenols is 1. The molecule has 5 heteroatoms. The molecule has 0 spiro atoms. The summed E-state index contributed by atoms with van der Waals surface area (Å²) in [5, 5.41) is 16.0. The fourth-order valence-corrected chi connectivity index (χ4v) is 2.23. The number of amides is 1. The number of benzene rings is 1. The van der Waals surface area contributed by atoms with Gasteiger partial charge in [-0.25, -0.2) is 0 Å². The molecule has 1 amide bonds. The van der Waals surface area contributed by atoms with E-state index in [0.717, 1.165) is 32.4 Å². The highest BCUT2D eigenvalue weighted by molar-refractivity contribution is 5.97. The van der Waals surface area contributed by atoms with Gasteiger partial charge < -0.3 is 20.5 Å². The summed E-state index contributed by atoms with van der Waals surface area (Å²) in [5.41, 5.74) is 0.253. The normalized spacial score (nSPS) is 19.5. The fraction of sp³-hybridized carbons (Fsp3) is 0.500. The van der Waals surface area contributed by atoms with E-state index in [1.807, 2.05) is 0 Å². The average molecular weight is 264 g/mol. The zero-order chi connectivity index (χ0) is 13.7. The Morgan fingerprint density at radius 3 is 3.11 bits per heavy atom. The van der Waals surface area contributed by atoms with Crippen molar-refractivity contribution in [3.63, 3.8) is 0 Å². The summed E-state index contributed by atoms with van der Waals surface area (Å²) in [7, 11) is 1.53. The van der Waals surface area contributed by atoms with E-state index in [0.29, 0.717) is 5.75 Å². The standard InChI is InChI=1S/C14H20N2O3/c1-19-11-5-6-13(17)12(8-11)14(18)16-10-4-2-3-7-15-9-10/h5-6,8,10,15,17H,2-4,7,9H2,1H3,(H,16,18). The Morgan fingerprint density at radius 1 is 1.47 bits per heavy atom. The van der Waals surface area contributed by atoms with Crippen LogP contribution in [0.5, 0.6) is 11.5 Å². The second-order valence-corrected chi connectivity index (χ2v) is 4.75. The second kappa shape index (κ2) is 6.43. The summed E-state index contributed by atoms with van der Waals surface area (Å²) in [6.07, 6.45) is 3.20. The number of nitrogens with one attached hydrogen (secondary N) is 2. The molecule has 5 nitrogen and oxygen atoms in total. The lowest BCUT2D eigenvalue weighted by atomic mass is 10.1. The van der Waals surface area contributed by atoms with Crippen LogP contribution in [0.1, 0.15) is 29.6 Å². The quantitative estimate of drug-likeness (QED) is 0.769. The van der Waals surface area contributed by atoms with E-state index in [1.54, 1.807) is 12.1 Å². The van der Waals surface area contributed by atoms with Gasteiger partial charge >= 0.3 is 0 Å². The highest BCUT2D eigenvalue weighted by Gasteiger charge is 2.18. The largest absolute Gasteiger partial charge is 0.507 e. The Bertz CT molecular complexity index is 440. The van der Waals surface area contributed by atoms with Gasteiger partial charge in [0.25, 0.3) is 5.91 Å². The first kappa shape index (κ1) is 13.7. The lowest BCUT2D eigenvalue weighted by molar-refractivity contribution is 0.0932. The molecule has 0 aliphatic carbocycles. The van der Waals surface area contributed by atoms with Gasteiger partial charge in [0, 0.05) is 12.6 Å². The molecule has 1 aliphatic rings. The van der Waals surface area contributed by atoms with Crippen LogP contribution in [0.15, 0.2) is 18.2 Å². The number of phenolic OH excluding ortho intramolecular Hbond substituents is 1. The van der Waals surface area contributed by atoms with Crippen LogP contribution in [0.3, 0.4) is 0 Å². The van der Waals surface area contributed by atoms with Crippen molar-refractivity contribution in [2.45, 2.75) is 25.3 Å². The molecule has 1 fully saturated rings. The molecule has 1 heterocycles. The van der Waals surface area contributed by atoms with E-state index in [-0.39, 0.29) is 23.3 Å². The summed E-state index contributed by atoms with van der Waals surface area (Å²) in [6.45, 7) is 1.77. The van der Waals surface area contributed by atoms with E-state index in [1.165, 1.54) is 13.2 Å². The summed E-state index contributed by atoms with van der Waals surface area (Å²) in [4.78, 5) is 12.2. The van der Waals surface area contributed by atoms with Crippen LogP contribution < -0.4 is 15.4 Å². The smallest absolute Gasteiger partial charge is 0.255 e. The van der Waals surface area contributed by atoms with Crippen molar-refractivity contribution >= 4 is 5.91 Å². The first-order valence-electron chi connectivity index (χ1n) is 6.59. The van der Waals surface area contributed by atoms with E-state index >= 15 is 0 Å². The molecular weight excluding hydrogens is 244 g/mol. The molecule has 1 aliphatic heterocycles. The van der Waals surface area contributed by atoms with Crippen molar-refractivity contribution in [2.24, 2.45) is 0 Å². The molecule has 104 valence electrons. The second-order valence-electron chi connectivity index (χ2n) is 4.75. The van der Waals surface area contributed by atoms with Crippen LogP contribution >= 0.6 is 0 Å². The highest BCUT2D eigenvalue weighted by Crippen LogP contribution is 2.23. The number of carbonyl (C=O) groups is 1. The van der Waals surface area contributed by atoms with Crippen LogP contribution in [0, 0.1) is 0 Å². The zero-order valence-corrected chi connectivity index (χ0v) is 11.1. The molecule has 1 saturated heterocycles. The van der Waals surface area contributed by atoms with Gasteiger partial charge in [-0.3, -0.25) is 4.79 Å². The summed E-state index contributed by atoms with van der Waals surface area (Å²) in [6, 6.07) is 4.76. The number of ether oxygens (including phenoxy) is 1. The fourth-order valence-electron chi connectivity index (χ4n) is 2.23. The van der Waals surface area contributed by atoms with Gasteiger partial charge in [0.2, 0.25) is 0 Å². The Balaban J connectivity index is 2.06. The number of rotatable bonds is 3. The van der Waals surface area contributed by atoms with Gasteiger partial charge in [-0.2, -0.15) is 0 Å². The zero-order valence-electron chi connectivity index (χ0n) is 11.1. The van der Waals surface area contributed by atoms with Gasteiger partial charge in [-0.15, -0.1) is 0 Å². The molecular formula is C14H20N2O3. The number of methoxy groups -OCH3 is 1. The Labute approximate surface area is 113 Å². The van der Waals surface area contributed by atoms with Crippen LogP contribution in [-0.2, 0) is 0 Å². The number of hydrogen-bond donors (Lipinski definition) is 3. The van der Waals surface area contributed by atoms with Gasteiger partial charge in [-0.05, 0) is 37.6 Å². The molecule has 0 saturated carbocycles. The topological polar surface area (TPSA) is 70.6 Å². The minimum Gasteiger partial charge on any atom is -0.507 e. The van der Waals surface area contributed by atoms with Crippen molar-refractivity contribution in [1.82, 2.24) is 10.6 Å². The molecule has 0 aromatic heterocycles. The first-order chi connectivity index (χ1) is 9.20. The summed E-state index contributed by atoms with van der Waals surface area (Å²) < 4.78 is 5.07. The molecule has 0 radical (unpaired) electrons. The first-order valence-corrected chi connectivity index (χ1v) is 6.59. The SMILES string of the molecule is COc1ccc(O)c(C(=O)NC2CCCCNC2)c1. The van der Waals surface area contributed by atoms with Crippen LogP contribution in [0.4, 0.5) is 0 Å². The van der Waals surface area contributed by atoms with Crippen LogP contribution in [0.2, 0.25) is 0 Å². The Morgan fingerprint density at radius 2 is 2.32 bits per heavy atom. The third-order valence-electron chi connectivity index (χ3n) is 3.33. The van der Waals surface area contributed by atoms with Crippen molar-refractivity contribution in [3.8, 4) is 11.5 Å². The lowest BCUT2D eigenvalue weighted by Crippen LogP contribution is -2.40. The third-order valence-corrected chi connectivity index (χ3v) is 3.33. The van der Waals surface area contributed by atoms with Gasteiger partial charge in [-0.1, -0.05) is 6.42 Å². The molecule has 1 atom stereocenters. The molecule has 19 heavy (non-hydrogen) atoms. The summed E-state index contributed by atoms with van der Waals surface area (Å²) >= 11 is 0. The van der Waals surface area contributed by atoms with E-state index in [2.05, 4.69) is 10.6 Å². The Hall–Kier alpha value is -1.75. The van der Waals surface area contributed by atoms with Crippen molar-refractivity contribution < 1.29 is 14.6 Å². The maximum Gasteiger partial charge on any atom is 0.255 e. The van der Waals surface area contributed by atoms with Crippen LogP contribution in [-0.4, -0.2) is 37.3 Å². The monoisotopic (exact) mass is 264 g/mol. The third kappa shape index (κ3) is 3.61. The maximum atomic E-state index is 12.2. The van der Waals surface area contributed by atoms with Crippen LogP contribution in [0.25, 0.3) is 0 Å². The van der Waals surface area contributed by atoms with E-state index in [9.17, 15) is 9.90 Å². The number of hydrogen-bond acceptors (Lipinski definition) is 4. The maximum absolute atomic E-state index is 12.2.